The molecule has 8 nitrogen and oxygen atoms in total. The molecular weight excluding hydrogens is 406 g/mol. The molecule has 0 spiro atoms. The van der Waals surface area contributed by atoms with E-state index in [1.54, 1.807) is 24.3 Å². The Bertz CT molecular complexity index is 1190. The van der Waals surface area contributed by atoms with Crippen LogP contribution in [0.15, 0.2) is 70.1 Å². The molecule has 1 aromatic heterocycles. The zero-order chi connectivity index (χ0) is 21.1. The predicted octanol–water partition coefficient (Wildman–Crippen LogP) is 2.11. The molecule has 3 aromatic rings. The smallest absolute Gasteiger partial charge is 0.273 e. The van der Waals surface area contributed by atoms with E-state index in [0.717, 1.165) is 5.56 Å². The van der Waals surface area contributed by atoms with E-state index in [9.17, 15) is 18.0 Å². The van der Waals surface area contributed by atoms with Crippen LogP contribution in [0.1, 0.15) is 28.5 Å². The van der Waals surface area contributed by atoms with Crippen LogP contribution >= 0.6 is 0 Å². The van der Waals surface area contributed by atoms with E-state index in [1.165, 1.54) is 6.07 Å². The maximum atomic E-state index is 12.3. The van der Waals surface area contributed by atoms with E-state index in [0.29, 0.717) is 11.3 Å². The number of benzene rings is 2. The van der Waals surface area contributed by atoms with Gasteiger partial charge < -0.3 is 15.2 Å². The fraction of sp³-hybridized carbons (Fsp3) is 0.190. The van der Waals surface area contributed by atoms with Gasteiger partial charge in [0.1, 0.15) is 0 Å². The molecule has 2 heterocycles. The van der Waals surface area contributed by atoms with Gasteiger partial charge in [-0.15, -0.1) is 0 Å². The van der Waals surface area contributed by atoms with Crippen molar-refractivity contribution < 1.29 is 22.5 Å². The highest BCUT2D eigenvalue weighted by Crippen LogP contribution is 2.31. The van der Waals surface area contributed by atoms with E-state index in [4.69, 9.17) is 4.52 Å². The van der Waals surface area contributed by atoms with Crippen molar-refractivity contribution in [2.45, 2.75) is 17.4 Å². The Balaban J connectivity index is 1.37. The Kier molecular flexibility index (Phi) is 5.37. The van der Waals surface area contributed by atoms with Crippen molar-refractivity contribution >= 4 is 21.7 Å². The average Bonchev–Trinajstić information content (AvgIpc) is 3.25. The van der Waals surface area contributed by atoms with E-state index in [1.807, 2.05) is 30.3 Å². The summed E-state index contributed by atoms with van der Waals surface area (Å²) in [7, 11) is -3.33. The molecule has 0 saturated carbocycles. The Morgan fingerprint density at radius 2 is 1.80 bits per heavy atom. The van der Waals surface area contributed by atoms with Gasteiger partial charge in [0.25, 0.3) is 5.91 Å². The van der Waals surface area contributed by atoms with Crippen LogP contribution in [0.2, 0.25) is 0 Å². The lowest BCUT2D eigenvalue weighted by Crippen LogP contribution is -2.40. The summed E-state index contributed by atoms with van der Waals surface area (Å²) in [6.45, 7) is -0.266. The fourth-order valence-electron chi connectivity index (χ4n) is 3.36. The van der Waals surface area contributed by atoms with Gasteiger partial charge >= 0.3 is 0 Å². The van der Waals surface area contributed by atoms with Crippen molar-refractivity contribution in [1.82, 2.24) is 15.8 Å². The number of rotatable bonds is 5. The first-order valence-electron chi connectivity index (χ1n) is 9.35. The number of carbonyl (C=O) groups is 2. The SMILES string of the molecule is O=C(CNC(=O)c1cc(-c2ccccc2)on1)NC1CCS(=O)(=O)c2ccccc21. The van der Waals surface area contributed by atoms with E-state index in [-0.39, 0.29) is 29.3 Å². The molecule has 4 rings (SSSR count). The summed E-state index contributed by atoms with van der Waals surface area (Å²) in [5, 5.41) is 9.04. The minimum absolute atomic E-state index is 0.0392. The lowest BCUT2D eigenvalue weighted by Gasteiger charge is -2.26. The molecule has 2 aromatic carbocycles. The van der Waals surface area contributed by atoms with Crippen LogP contribution in [0, 0.1) is 0 Å². The number of amides is 2. The molecule has 0 saturated heterocycles. The maximum absolute atomic E-state index is 12.3. The summed E-state index contributed by atoms with van der Waals surface area (Å²) < 4.78 is 29.6. The maximum Gasteiger partial charge on any atom is 0.273 e. The van der Waals surface area contributed by atoms with E-state index in [2.05, 4.69) is 15.8 Å². The highest BCUT2D eigenvalue weighted by atomic mass is 32.2. The summed E-state index contributed by atoms with van der Waals surface area (Å²) in [6.07, 6.45) is 0.281. The van der Waals surface area contributed by atoms with Crippen molar-refractivity contribution in [1.29, 1.82) is 0 Å². The third-order valence-corrected chi connectivity index (χ3v) is 6.67. The van der Waals surface area contributed by atoms with Crippen LogP contribution in [0.25, 0.3) is 11.3 Å². The Morgan fingerprint density at radius 3 is 2.60 bits per heavy atom. The highest BCUT2D eigenvalue weighted by Gasteiger charge is 2.30. The molecule has 0 fully saturated rings. The second-order valence-electron chi connectivity index (χ2n) is 6.89. The number of hydrogen-bond acceptors (Lipinski definition) is 6. The molecule has 0 radical (unpaired) electrons. The van der Waals surface area contributed by atoms with Crippen molar-refractivity contribution in [3.8, 4) is 11.3 Å². The molecular formula is C21H19N3O5S. The fourth-order valence-corrected chi connectivity index (χ4v) is 4.98. The monoisotopic (exact) mass is 425 g/mol. The lowest BCUT2D eigenvalue weighted by molar-refractivity contribution is -0.120. The van der Waals surface area contributed by atoms with Gasteiger partial charge in [-0.1, -0.05) is 53.7 Å². The first kappa shape index (κ1) is 19.8. The molecule has 1 aliphatic rings. The predicted molar refractivity (Wildman–Crippen MR) is 108 cm³/mol. The van der Waals surface area contributed by atoms with Crippen LogP contribution in [0.4, 0.5) is 0 Å². The number of carbonyl (C=O) groups excluding carboxylic acids is 2. The number of fused-ring (bicyclic) bond motifs is 1. The number of sulfone groups is 1. The number of nitrogens with one attached hydrogen (secondary N) is 2. The van der Waals surface area contributed by atoms with E-state index >= 15 is 0 Å². The molecule has 1 aliphatic heterocycles. The number of aromatic nitrogens is 1. The first-order valence-corrected chi connectivity index (χ1v) is 11.0. The minimum Gasteiger partial charge on any atom is -0.355 e. The first-order chi connectivity index (χ1) is 14.4. The Labute approximate surface area is 173 Å². The third kappa shape index (κ3) is 4.11. The molecule has 2 N–H and O–H groups in total. The Morgan fingerprint density at radius 1 is 1.07 bits per heavy atom. The van der Waals surface area contributed by atoms with Crippen molar-refractivity contribution in [2.24, 2.45) is 0 Å². The van der Waals surface area contributed by atoms with Gasteiger partial charge in [0.15, 0.2) is 21.3 Å². The number of nitrogens with zero attached hydrogens (tertiary/aromatic N) is 1. The molecule has 0 bridgehead atoms. The van der Waals surface area contributed by atoms with Crippen LogP contribution < -0.4 is 10.6 Å². The van der Waals surface area contributed by atoms with Gasteiger partial charge in [0, 0.05) is 11.6 Å². The van der Waals surface area contributed by atoms with Gasteiger partial charge in [-0.2, -0.15) is 0 Å². The quantitative estimate of drug-likeness (QED) is 0.646. The third-order valence-electron chi connectivity index (χ3n) is 4.85. The van der Waals surface area contributed by atoms with E-state index < -0.39 is 27.7 Å². The van der Waals surface area contributed by atoms with Gasteiger partial charge in [-0.05, 0) is 18.1 Å². The zero-order valence-corrected chi connectivity index (χ0v) is 16.7. The van der Waals surface area contributed by atoms with Crippen LogP contribution in [0.3, 0.4) is 0 Å². The topological polar surface area (TPSA) is 118 Å². The summed E-state index contributed by atoms with van der Waals surface area (Å²) in [4.78, 5) is 24.8. The molecule has 2 amide bonds. The number of hydrogen-bond donors (Lipinski definition) is 2. The van der Waals surface area contributed by atoms with Gasteiger partial charge in [-0.25, -0.2) is 8.42 Å². The van der Waals surface area contributed by atoms with Gasteiger partial charge in [-0.3, -0.25) is 9.59 Å². The Hall–Kier alpha value is -3.46. The largest absolute Gasteiger partial charge is 0.355 e. The van der Waals surface area contributed by atoms with Gasteiger partial charge in [0.2, 0.25) is 5.91 Å². The summed E-state index contributed by atoms with van der Waals surface area (Å²) in [6, 6.07) is 16.9. The normalized spacial score (nSPS) is 17.0. The summed E-state index contributed by atoms with van der Waals surface area (Å²) >= 11 is 0. The minimum atomic E-state index is -3.33. The second kappa shape index (κ2) is 8.11. The zero-order valence-electron chi connectivity index (χ0n) is 15.9. The summed E-state index contributed by atoms with van der Waals surface area (Å²) in [5.74, 6) is -0.551. The lowest BCUT2D eigenvalue weighted by atomic mass is 10.0. The molecule has 9 heteroatoms. The van der Waals surface area contributed by atoms with Crippen LogP contribution in [-0.4, -0.2) is 37.7 Å². The van der Waals surface area contributed by atoms with Crippen molar-refractivity contribution in [3.63, 3.8) is 0 Å². The molecule has 30 heavy (non-hydrogen) atoms. The standard InChI is InChI=1S/C21H19N3O5S/c25-20(23-16-10-11-30(27,28)19-9-5-4-8-15(16)19)13-22-21(26)17-12-18(29-24-17)14-6-2-1-3-7-14/h1-9,12,16H,10-11,13H2,(H,22,26)(H,23,25). The molecule has 1 unspecified atom stereocenters. The second-order valence-corrected chi connectivity index (χ2v) is 8.97. The highest BCUT2D eigenvalue weighted by molar-refractivity contribution is 7.91. The molecule has 0 aliphatic carbocycles. The van der Waals surface area contributed by atoms with Crippen LogP contribution in [0.5, 0.6) is 0 Å². The summed E-state index contributed by atoms with van der Waals surface area (Å²) in [5.41, 5.74) is 1.41. The average molecular weight is 425 g/mol. The van der Waals surface area contributed by atoms with Crippen molar-refractivity contribution in [2.75, 3.05) is 12.3 Å². The van der Waals surface area contributed by atoms with Crippen LogP contribution in [-0.2, 0) is 14.6 Å². The van der Waals surface area contributed by atoms with Gasteiger partial charge in [0.05, 0.1) is 23.2 Å². The molecule has 1 atom stereocenters. The van der Waals surface area contributed by atoms with Crippen molar-refractivity contribution in [3.05, 3.63) is 71.9 Å². The molecule has 154 valence electrons.